The molecule has 0 spiro atoms. The summed E-state index contributed by atoms with van der Waals surface area (Å²) >= 11 is 0. The molecule has 1 aromatic carbocycles. The first-order valence-corrected chi connectivity index (χ1v) is 9.39. The third-order valence-electron chi connectivity index (χ3n) is 4.46. The Hall–Kier alpha value is -1.79. The number of likely N-dealkylation sites (N-methyl/N-ethyl adjacent to an activating group) is 1. The second kappa shape index (κ2) is 9.24. The number of anilines is 1. The number of carbonyl (C=O) groups excluding carboxylic acids is 1. The van der Waals surface area contributed by atoms with Crippen molar-refractivity contribution in [3.63, 3.8) is 0 Å². The monoisotopic (exact) mass is 363 g/mol. The van der Waals surface area contributed by atoms with E-state index in [1.165, 1.54) is 0 Å². The number of alkyl carbamates (subject to hydrolysis) is 1. The normalized spacial score (nSPS) is 17.6. The second-order valence-corrected chi connectivity index (χ2v) is 8.09. The van der Waals surface area contributed by atoms with E-state index in [0.29, 0.717) is 13.1 Å². The number of nitrogens with one attached hydrogen (secondary N) is 1. The number of β-amino-alcohol motifs (C(OH)–C–C–N with tert-alkyl or cyclic N) is 1. The Labute approximate surface area is 157 Å². The number of para-hydroxylation sites is 1. The highest BCUT2D eigenvalue weighted by Gasteiger charge is 2.24. The average Bonchev–Trinajstić information content (AvgIpc) is 2.55. The summed E-state index contributed by atoms with van der Waals surface area (Å²) in [6.07, 6.45) is 0.997. The quantitative estimate of drug-likeness (QED) is 0.813. The van der Waals surface area contributed by atoms with Gasteiger partial charge in [-0.3, -0.25) is 0 Å². The van der Waals surface area contributed by atoms with Gasteiger partial charge in [-0.2, -0.15) is 0 Å². The molecule has 6 heteroatoms. The van der Waals surface area contributed by atoms with Crippen molar-refractivity contribution >= 4 is 11.8 Å². The van der Waals surface area contributed by atoms with Crippen molar-refractivity contribution in [2.45, 2.75) is 51.4 Å². The number of aliphatic hydroxyl groups is 1. The summed E-state index contributed by atoms with van der Waals surface area (Å²) in [4.78, 5) is 16.2. The third kappa shape index (κ3) is 7.22. The predicted octanol–water partition coefficient (Wildman–Crippen LogP) is 2.47. The van der Waals surface area contributed by atoms with Gasteiger partial charge in [0.2, 0.25) is 0 Å². The predicted molar refractivity (Wildman–Crippen MR) is 105 cm³/mol. The van der Waals surface area contributed by atoms with Crippen molar-refractivity contribution in [1.82, 2.24) is 10.2 Å². The van der Waals surface area contributed by atoms with Gasteiger partial charge in [0.05, 0.1) is 6.10 Å². The van der Waals surface area contributed by atoms with Crippen LogP contribution in [0.1, 0.15) is 33.6 Å². The van der Waals surface area contributed by atoms with Crippen molar-refractivity contribution in [2.24, 2.45) is 0 Å². The van der Waals surface area contributed by atoms with Gasteiger partial charge in [0, 0.05) is 45.0 Å². The van der Waals surface area contributed by atoms with Crippen LogP contribution in [0.25, 0.3) is 0 Å². The Morgan fingerprint density at radius 1 is 1.31 bits per heavy atom. The zero-order valence-corrected chi connectivity index (χ0v) is 16.4. The molecule has 1 fully saturated rings. The van der Waals surface area contributed by atoms with Gasteiger partial charge in [0.25, 0.3) is 0 Å². The molecule has 1 unspecified atom stereocenters. The van der Waals surface area contributed by atoms with E-state index >= 15 is 0 Å². The molecule has 2 N–H and O–H groups in total. The molecule has 26 heavy (non-hydrogen) atoms. The van der Waals surface area contributed by atoms with Crippen LogP contribution < -0.4 is 10.2 Å². The Morgan fingerprint density at radius 3 is 2.50 bits per heavy atom. The summed E-state index contributed by atoms with van der Waals surface area (Å²) in [5.74, 6) is 0. The fourth-order valence-electron chi connectivity index (χ4n) is 3.19. The van der Waals surface area contributed by atoms with Crippen LogP contribution in [0.3, 0.4) is 0 Å². The number of aliphatic hydroxyl groups excluding tert-OH is 1. The van der Waals surface area contributed by atoms with Crippen LogP contribution in [0, 0.1) is 0 Å². The molecule has 6 nitrogen and oxygen atoms in total. The Balaban J connectivity index is 1.69. The summed E-state index contributed by atoms with van der Waals surface area (Å²) in [6.45, 7) is 8.57. The highest BCUT2D eigenvalue weighted by Crippen LogP contribution is 2.15. The number of hydrogen-bond donors (Lipinski definition) is 2. The van der Waals surface area contributed by atoms with Gasteiger partial charge in [-0.15, -0.1) is 0 Å². The lowest BCUT2D eigenvalue weighted by Gasteiger charge is -2.34. The molecule has 0 aromatic heterocycles. The highest BCUT2D eigenvalue weighted by atomic mass is 16.6. The molecule has 146 valence electrons. The number of rotatable bonds is 6. The molecule has 1 atom stereocenters. The van der Waals surface area contributed by atoms with E-state index in [4.69, 9.17) is 4.74 Å². The van der Waals surface area contributed by atoms with Crippen molar-refractivity contribution in [3.05, 3.63) is 30.3 Å². The van der Waals surface area contributed by atoms with E-state index in [9.17, 15) is 9.90 Å². The molecule has 1 aliphatic heterocycles. The minimum Gasteiger partial charge on any atom is -0.444 e. The van der Waals surface area contributed by atoms with E-state index in [2.05, 4.69) is 15.1 Å². The zero-order chi connectivity index (χ0) is 19.2. The number of benzene rings is 1. The summed E-state index contributed by atoms with van der Waals surface area (Å²) in [6, 6.07) is 10.2. The molecule has 1 aliphatic rings. The molecule has 0 aliphatic carbocycles. The van der Waals surface area contributed by atoms with Crippen LogP contribution in [0.15, 0.2) is 30.3 Å². The first-order chi connectivity index (χ1) is 12.2. The first kappa shape index (κ1) is 20.5. The van der Waals surface area contributed by atoms with E-state index in [1.807, 2.05) is 58.2 Å². The molecule has 1 aromatic rings. The molecular weight excluding hydrogens is 330 g/mol. The van der Waals surface area contributed by atoms with Gasteiger partial charge in [-0.05, 0) is 45.7 Å². The first-order valence-electron chi connectivity index (χ1n) is 9.39. The lowest BCUT2D eigenvalue weighted by Crippen LogP contribution is -2.48. The average molecular weight is 364 g/mol. The fourth-order valence-corrected chi connectivity index (χ4v) is 3.19. The van der Waals surface area contributed by atoms with E-state index in [-0.39, 0.29) is 12.1 Å². The van der Waals surface area contributed by atoms with Crippen molar-refractivity contribution in [3.8, 4) is 0 Å². The number of piperidine rings is 1. The summed E-state index contributed by atoms with van der Waals surface area (Å²) in [7, 11) is 2.00. The number of likely N-dealkylation sites (tertiary alicyclic amines) is 1. The summed E-state index contributed by atoms with van der Waals surface area (Å²) in [5.41, 5.74) is 0.631. The Bertz CT molecular complexity index is 551. The molecule has 2 rings (SSSR count). The van der Waals surface area contributed by atoms with Crippen LogP contribution in [-0.4, -0.2) is 67.1 Å². The molecule has 1 saturated heterocycles. The van der Waals surface area contributed by atoms with Crippen molar-refractivity contribution < 1.29 is 14.6 Å². The van der Waals surface area contributed by atoms with E-state index in [0.717, 1.165) is 31.6 Å². The van der Waals surface area contributed by atoms with Gasteiger partial charge in [0.1, 0.15) is 5.60 Å². The summed E-state index contributed by atoms with van der Waals surface area (Å²) in [5, 5.41) is 13.3. The van der Waals surface area contributed by atoms with Gasteiger partial charge in [0.15, 0.2) is 0 Å². The smallest absolute Gasteiger partial charge is 0.407 e. The number of hydrogen-bond acceptors (Lipinski definition) is 5. The largest absolute Gasteiger partial charge is 0.444 e. The standard InChI is InChI=1S/C20H33N3O3/c1-20(2,3)26-19(25)21-16-10-12-23(13-11-16)15-18(24)14-22(4)17-8-6-5-7-9-17/h5-9,16,18,24H,10-15H2,1-4H3,(H,21,25). The molecule has 0 saturated carbocycles. The van der Waals surface area contributed by atoms with Crippen molar-refractivity contribution in [2.75, 3.05) is 38.1 Å². The van der Waals surface area contributed by atoms with Crippen LogP contribution in [-0.2, 0) is 4.74 Å². The van der Waals surface area contributed by atoms with Gasteiger partial charge < -0.3 is 25.0 Å². The summed E-state index contributed by atoms with van der Waals surface area (Å²) < 4.78 is 5.31. The molecule has 1 amide bonds. The van der Waals surface area contributed by atoms with E-state index < -0.39 is 11.7 Å². The van der Waals surface area contributed by atoms with Crippen LogP contribution in [0.2, 0.25) is 0 Å². The van der Waals surface area contributed by atoms with Gasteiger partial charge >= 0.3 is 6.09 Å². The topological polar surface area (TPSA) is 65.0 Å². The van der Waals surface area contributed by atoms with Gasteiger partial charge in [-0.1, -0.05) is 18.2 Å². The molecule has 0 radical (unpaired) electrons. The minimum absolute atomic E-state index is 0.144. The molecule has 1 heterocycles. The SMILES string of the molecule is CN(CC(O)CN1CCC(NC(=O)OC(C)(C)C)CC1)c1ccccc1. The maximum Gasteiger partial charge on any atom is 0.407 e. The number of carbonyl (C=O) groups is 1. The number of amides is 1. The Morgan fingerprint density at radius 2 is 1.92 bits per heavy atom. The lowest BCUT2D eigenvalue weighted by atomic mass is 10.0. The van der Waals surface area contributed by atoms with Crippen LogP contribution in [0.4, 0.5) is 10.5 Å². The third-order valence-corrected chi connectivity index (χ3v) is 4.46. The molecule has 0 bridgehead atoms. The van der Waals surface area contributed by atoms with Crippen molar-refractivity contribution in [1.29, 1.82) is 0 Å². The maximum atomic E-state index is 11.8. The highest BCUT2D eigenvalue weighted by molar-refractivity contribution is 5.68. The Kier molecular flexibility index (Phi) is 7.29. The van der Waals surface area contributed by atoms with Crippen LogP contribution >= 0.6 is 0 Å². The number of ether oxygens (including phenoxy) is 1. The maximum absolute atomic E-state index is 11.8. The van der Waals surface area contributed by atoms with Crippen LogP contribution in [0.5, 0.6) is 0 Å². The lowest BCUT2D eigenvalue weighted by molar-refractivity contribution is 0.0461. The van der Waals surface area contributed by atoms with E-state index in [1.54, 1.807) is 0 Å². The minimum atomic E-state index is -0.473. The second-order valence-electron chi connectivity index (χ2n) is 8.09. The fraction of sp³-hybridized carbons (Fsp3) is 0.650. The molecular formula is C20H33N3O3. The zero-order valence-electron chi connectivity index (χ0n) is 16.4. The van der Waals surface area contributed by atoms with Gasteiger partial charge in [-0.25, -0.2) is 4.79 Å². The number of nitrogens with zero attached hydrogens (tertiary/aromatic N) is 2.